The van der Waals surface area contributed by atoms with Crippen molar-refractivity contribution < 1.29 is 14.3 Å². The number of carbonyl (C=O) groups excluding carboxylic acids is 2. The summed E-state index contributed by atoms with van der Waals surface area (Å²) in [6.45, 7) is 4.64. The number of aryl methyl sites for hydroxylation is 1. The molecule has 1 atom stereocenters. The first-order valence-corrected chi connectivity index (χ1v) is 12.3. The smallest absolute Gasteiger partial charge is 0.338 e. The number of esters is 1. The van der Waals surface area contributed by atoms with Crippen LogP contribution in [0.15, 0.2) is 35.6 Å². The van der Waals surface area contributed by atoms with Gasteiger partial charge in [0.25, 0.3) is 0 Å². The number of nitrogens with one attached hydrogen (secondary N) is 1. The quantitative estimate of drug-likeness (QED) is 0.303. The average molecular weight is 456 g/mol. The number of thioether (sulfide) groups is 1. The van der Waals surface area contributed by atoms with Crippen molar-refractivity contribution in [2.75, 3.05) is 17.7 Å². The predicted octanol–water partition coefficient (Wildman–Crippen LogP) is 5.11. The van der Waals surface area contributed by atoms with E-state index in [0.717, 1.165) is 34.5 Å². The van der Waals surface area contributed by atoms with Crippen LogP contribution < -0.4 is 5.32 Å². The van der Waals surface area contributed by atoms with Gasteiger partial charge in [-0.3, -0.25) is 4.79 Å². The molecule has 2 heterocycles. The summed E-state index contributed by atoms with van der Waals surface area (Å²) < 4.78 is 5.12. The third kappa shape index (κ3) is 5.07. The number of ether oxygens (including phenoxy) is 1. The maximum atomic E-state index is 12.5. The summed E-state index contributed by atoms with van der Waals surface area (Å²) in [6, 6.07) is 6.75. The van der Waals surface area contributed by atoms with Gasteiger partial charge >= 0.3 is 5.97 Å². The van der Waals surface area contributed by atoms with Crippen molar-refractivity contribution in [3.05, 3.63) is 46.6 Å². The first kappa shape index (κ1) is 21.8. The van der Waals surface area contributed by atoms with Crippen molar-refractivity contribution in [2.24, 2.45) is 5.92 Å². The summed E-state index contributed by atoms with van der Waals surface area (Å²) in [7, 11) is 0. The Balaban J connectivity index is 1.39. The average Bonchev–Trinajstić information content (AvgIpc) is 3.14. The standard InChI is InChI=1S/C23H25N3O3S2/c1-3-10-29-23(28)15-5-7-16(8-6-15)26-19(27)12-30-21-20-17-9-4-14(2)11-18(17)31-22(20)25-13-24-21/h5-8,13-14H,3-4,9-12H2,1-2H3,(H,26,27). The fraction of sp³-hybridized carbons (Fsp3) is 0.391. The van der Waals surface area contributed by atoms with Crippen molar-refractivity contribution in [3.63, 3.8) is 0 Å². The van der Waals surface area contributed by atoms with Crippen LogP contribution in [0.5, 0.6) is 0 Å². The highest BCUT2D eigenvalue weighted by atomic mass is 32.2. The number of rotatable bonds is 7. The monoisotopic (exact) mass is 455 g/mol. The van der Waals surface area contributed by atoms with Crippen molar-refractivity contribution in [2.45, 2.75) is 44.6 Å². The van der Waals surface area contributed by atoms with Crippen molar-refractivity contribution in [3.8, 4) is 0 Å². The second kappa shape index (κ2) is 9.78. The Kier molecular flexibility index (Phi) is 6.87. The largest absolute Gasteiger partial charge is 0.462 e. The van der Waals surface area contributed by atoms with Crippen molar-refractivity contribution in [1.82, 2.24) is 9.97 Å². The number of fused-ring (bicyclic) bond motifs is 3. The fourth-order valence-corrected chi connectivity index (χ4v) is 5.90. The highest BCUT2D eigenvalue weighted by molar-refractivity contribution is 8.00. The highest BCUT2D eigenvalue weighted by Gasteiger charge is 2.23. The normalized spacial score (nSPS) is 15.5. The molecule has 1 aliphatic carbocycles. The Morgan fingerprint density at radius 1 is 1.26 bits per heavy atom. The molecule has 1 N–H and O–H groups in total. The van der Waals surface area contributed by atoms with E-state index in [1.54, 1.807) is 41.9 Å². The van der Waals surface area contributed by atoms with Gasteiger partial charge in [0, 0.05) is 16.0 Å². The van der Waals surface area contributed by atoms with Crippen LogP contribution in [0.4, 0.5) is 5.69 Å². The lowest BCUT2D eigenvalue weighted by molar-refractivity contribution is -0.113. The van der Waals surface area contributed by atoms with Gasteiger partial charge in [0.1, 0.15) is 16.2 Å². The lowest BCUT2D eigenvalue weighted by Crippen LogP contribution is -2.14. The Morgan fingerprint density at radius 2 is 2.06 bits per heavy atom. The van der Waals surface area contributed by atoms with Gasteiger partial charge in [-0.25, -0.2) is 14.8 Å². The molecule has 0 saturated carbocycles. The van der Waals surface area contributed by atoms with E-state index >= 15 is 0 Å². The third-order valence-electron chi connectivity index (χ3n) is 5.24. The number of hydrogen-bond acceptors (Lipinski definition) is 7. The second-order valence-corrected chi connectivity index (χ2v) is 9.81. The zero-order valence-corrected chi connectivity index (χ0v) is 19.3. The highest BCUT2D eigenvalue weighted by Crippen LogP contribution is 2.40. The van der Waals surface area contributed by atoms with Gasteiger partial charge in [-0.1, -0.05) is 25.6 Å². The lowest BCUT2D eigenvalue weighted by Gasteiger charge is -2.18. The molecule has 0 aliphatic heterocycles. The molecule has 0 spiro atoms. The van der Waals surface area contributed by atoms with Crippen LogP contribution in [0, 0.1) is 5.92 Å². The molecule has 0 fully saturated rings. The summed E-state index contributed by atoms with van der Waals surface area (Å²) >= 11 is 3.20. The molecule has 6 nitrogen and oxygen atoms in total. The Bertz CT molecular complexity index is 1100. The van der Waals surface area contributed by atoms with Crippen molar-refractivity contribution >= 4 is 50.9 Å². The third-order valence-corrected chi connectivity index (χ3v) is 7.39. The molecule has 0 radical (unpaired) electrons. The van der Waals surface area contributed by atoms with E-state index in [0.29, 0.717) is 23.8 Å². The zero-order valence-electron chi connectivity index (χ0n) is 17.6. The topological polar surface area (TPSA) is 81.2 Å². The Labute approximate surface area is 189 Å². The fourth-order valence-electron chi connectivity index (χ4n) is 3.65. The molecular formula is C23H25N3O3S2. The molecule has 1 aliphatic rings. The van der Waals surface area contributed by atoms with Crippen molar-refractivity contribution in [1.29, 1.82) is 0 Å². The van der Waals surface area contributed by atoms with E-state index in [9.17, 15) is 9.59 Å². The number of nitrogens with zero attached hydrogens (tertiary/aromatic N) is 2. The van der Waals surface area contributed by atoms with Gasteiger partial charge in [-0.05, 0) is 61.4 Å². The number of benzene rings is 1. The molecule has 1 amide bonds. The maximum absolute atomic E-state index is 12.5. The number of carbonyl (C=O) groups is 2. The molecule has 31 heavy (non-hydrogen) atoms. The van der Waals surface area contributed by atoms with Crippen LogP contribution >= 0.6 is 23.1 Å². The van der Waals surface area contributed by atoms with Gasteiger partial charge in [-0.2, -0.15) is 0 Å². The summed E-state index contributed by atoms with van der Waals surface area (Å²) in [5, 5.41) is 4.88. The van der Waals surface area contributed by atoms with Crippen LogP contribution in [-0.4, -0.2) is 34.2 Å². The van der Waals surface area contributed by atoms with Crippen LogP contribution in [0.1, 0.15) is 47.5 Å². The molecule has 0 bridgehead atoms. The molecule has 162 valence electrons. The molecule has 3 aromatic rings. The number of aromatic nitrogens is 2. The molecular weight excluding hydrogens is 430 g/mol. The Hall–Kier alpha value is -2.45. The van der Waals surface area contributed by atoms with Gasteiger partial charge in [-0.15, -0.1) is 11.3 Å². The number of anilines is 1. The molecule has 1 aromatic carbocycles. The van der Waals surface area contributed by atoms with Crippen LogP contribution in [0.25, 0.3) is 10.2 Å². The summed E-state index contributed by atoms with van der Waals surface area (Å²) in [6.07, 6.45) is 5.70. The van der Waals surface area contributed by atoms with E-state index in [2.05, 4.69) is 22.2 Å². The van der Waals surface area contributed by atoms with Crippen LogP contribution in [0.2, 0.25) is 0 Å². The zero-order chi connectivity index (χ0) is 21.8. The van der Waals surface area contributed by atoms with E-state index < -0.39 is 0 Å². The van der Waals surface area contributed by atoms with E-state index in [-0.39, 0.29) is 17.6 Å². The van der Waals surface area contributed by atoms with E-state index in [4.69, 9.17) is 4.74 Å². The first-order valence-electron chi connectivity index (χ1n) is 10.5. The summed E-state index contributed by atoms with van der Waals surface area (Å²) in [5.41, 5.74) is 2.49. The molecule has 4 rings (SSSR count). The minimum Gasteiger partial charge on any atom is -0.462 e. The van der Waals surface area contributed by atoms with Crippen LogP contribution in [0.3, 0.4) is 0 Å². The van der Waals surface area contributed by atoms with Gasteiger partial charge in [0.2, 0.25) is 5.91 Å². The Morgan fingerprint density at radius 3 is 2.84 bits per heavy atom. The molecule has 2 aromatic heterocycles. The predicted molar refractivity (Wildman–Crippen MR) is 125 cm³/mol. The number of hydrogen-bond donors (Lipinski definition) is 1. The molecule has 8 heteroatoms. The van der Waals surface area contributed by atoms with Gasteiger partial charge in [0.05, 0.1) is 17.9 Å². The number of amides is 1. The SMILES string of the molecule is CCCOC(=O)c1ccc(NC(=O)CSc2ncnc3sc4c(c23)CCC(C)C4)cc1. The van der Waals surface area contributed by atoms with Crippen LogP contribution in [-0.2, 0) is 22.4 Å². The first-order chi connectivity index (χ1) is 15.0. The minimum atomic E-state index is -0.350. The van der Waals surface area contributed by atoms with E-state index in [1.165, 1.54) is 28.6 Å². The summed E-state index contributed by atoms with van der Waals surface area (Å²) in [5.74, 6) is 0.496. The van der Waals surface area contributed by atoms with E-state index in [1.807, 2.05) is 6.92 Å². The minimum absolute atomic E-state index is 0.115. The number of thiophene rings is 1. The lowest BCUT2D eigenvalue weighted by atomic mass is 9.89. The molecule has 0 saturated heterocycles. The molecule has 1 unspecified atom stereocenters. The summed E-state index contributed by atoms with van der Waals surface area (Å²) in [4.78, 5) is 35.7. The van der Waals surface area contributed by atoms with Gasteiger partial charge < -0.3 is 10.1 Å². The maximum Gasteiger partial charge on any atom is 0.338 e. The second-order valence-electron chi connectivity index (χ2n) is 7.76. The van der Waals surface area contributed by atoms with Gasteiger partial charge in [0.15, 0.2) is 0 Å².